The molecule has 2 unspecified atom stereocenters. The van der Waals surface area contributed by atoms with Crippen LogP contribution in [0.4, 0.5) is 0 Å². The van der Waals surface area contributed by atoms with Crippen LogP contribution in [0.1, 0.15) is 44.1 Å². The highest BCUT2D eigenvalue weighted by Crippen LogP contribution is 2.43. The van der Waals surface area contributed by atoms with E-state index in [2.05, 4.69) is 17.9 Å². The van der Waals surface area contributed by atoms with E-state index in [4.69, 9.17) is 14.5 Å². The molecule has 162 valence electrons. The molecular weight excluding hydrogens is 390 g/mol. The molecule has 0 aliphatic carbocycles. The van der Waals surface area contributed by atoms with Gasteiger partial charge in [0.15, 0.2) is 11.5 Å². The van der Waals surface area contributed by atoms with Crippen LogP contribution in [0.25, 0.3) is 16.9 Å². The number of ether oxygens (including phenoxy) is 2. The molecule has 3 aromatic rings. The Hall–Kier alpha value is -2.86. The zero-order valence-electron chi connectivity index (χ0n) is 18.4. The summed E-state index contributed by atoms with van der Waals surface area (Å²) in [5.41, 5.74) is 3.31. The molecule has 0 radical (unpaired) electrons. The lowest BCUT2D eigenvalue weighted by molar-refractivity contribution is 0.255. The first-order valence-electron chi connectivity index (χ1n) is 11.1. The van der Waals surface area contributed by atoms with Crippen molar-refractivity contribution in [3.8, 4) is 22.8 Å². The zero-order chi connectivity index (χ0) is 21.5. The molecule has 31 heavy (non-hydrogen) atoms. The predicted octanol–water partition coefficient (Wildman–Crippen LogP) is 4.11. The largest absolute Gasteiger partial charge is 0.493 e. The van der Waals surface area contributed by atoms with Crippen molar-refractivity contribution in [2.45, 2.75) is 50.6 Å². The Labute approximate surface area is 182 Å². The minimum Gasteiger partial charge on any atom is -0.493 e. The number of benzene rings is 1. The third kappa shape index (κ3) is 3.69. The van der Waals surface area contributed by atoms with Gasteiger partial charge in [-0.25, -0.2) is 4.98 Å². The maximum Gasteiger partial charge on any atom is 0.258 e. The van der Waals surface area contributed by atoms with Gasteiger partial charge in [-0.3, -0.25) is 14.1 Å². The molecule has 2 fully saturated rings. The summed E-state index contributed by atoms with van der Waals surface area (Å²) in [6, 6.07) is 12.7. The van der Waals surface area contributed by atoms with Gasteiger partial charge in [0.2, 0.25) is 0 Å². The molecule has 2 aliphatic rings. The van der Waals surface area contributed by atoms with E-state index in [0.717, 1.165) is 11.6 Å². The second kappa shape index (κ2) is 8.00. The fourth-order valence-electron chi connectivity index (χ4n) is 5.13. The number of nitrogens with zero attached hydrogens (tertiary/aromatic N) is 3. The fourth-order valence-corrected chi connectivity index (χ4v) is 5.13. The minimum absolute atomic E-state index is 0.0643. The topological polar surface area (TPSA) is 55.8 Å². The third-order valence-electron chi connectivity index (χ3n) is 6.79. The second-order valence-electron chi connectivity index (χ2n) is 8.70. The molecule has 6 nitrogen and oxygen atoms in total. The van der Waals surface area contributed by atoms with Crippen LogP contribution in [0.15, 0.2) is 47.4 Å². The minimum atomic E-state index is -0.0643. The van der Waals surface area contributed by atoms with E-state index in [9.17, 15) is 4.79 Å². The van der Waals surface area contributed by atoms with Crippen LogP contribution in [-0.2, 0) is 0 Å². The molecule has 0 bridgehead atoms. The van der Waals surface area contributed by atoms with Gasteiger partial charge in [-0.05, 0) is 55.0 Å². The highest BCUT2D eigenvalue weighted by atomic mass is 16.5. The standard InChI is InChI=1S/C25H29N3O3/c1-4-5-19-10-18(11-20-15-27(19)20)17-7-9-24-26-21(13-25(29)28(24)14-17)16-6-8-22(30-2)23(12-16)31-3/h6-9,12-14,18-20H,4-5,10-11,15H2,1-3H3/t18?,19-,20-,27?/m1/s1. The Morgan fingerprint density at radius 2 is 1.90 bits per heavy atom. The van der Waals surface area contributed by atoms with Gasteiger partial charge in [0.25, 0.3) is 5.56 Å². The van der Waals surface area contributed by atoms with Crippen molar-refractivity contribution in [2.24, 2.45) is 0 Å². The quantitative estimate of drug-likeness (QED) is 0.563. The van der Waals surface area contributed by atoms with Crippen LogP contribution in [0.3, 0.4) is 0 Å². The number of pyridine rings is 1. The van der Waals surface area contributed by atoms with Gasteiger partial charge in [-0.15, -0.1) is 0 Å². The highest BCUT2D eigenvalue weighted by Gasteiger charge is 2.45. The molecule has 4 heterocycles. The van der Waals surface area contributed by atoms with E-state index in [0.29, 0.717) is 34.8 Å². The van der Waals surface area contributed by atoms with E-state index in [1.807, 2.05) is 30.5 Å². The summed E-state index contributed by atoms with van der Waals surface area (Å²) in [7, 11) is 3.20. The average molecular weight is 420 g/mol. The van der Waals surface area contributed by atoms with Gasteiger partial charge >= 0.3 is 0 Å². The molecule has 0 amide bonds. The Morgan fingerprint density at radius 1 is 1.06 bits per heavy atom. The van der Waals surface area contributed by atoms with Crippen LogP contribution in [-0.4, -0.2) is 47.1 Å². The lowest BCUT2D eigenvalue weighted by atomic mass is 9.85. The molecular formula is C25H29N3O3. The number of methoxy groups -OCH3 is 2. The number of hydrogen-bond donors (Lipinski definition) is 0. The maximum atomic E-state index is 13.0. The van der Waals surface area contributed by atoms with Gasteiger partial charge in [-0.1, -0.05) is 19.4 Å². The van der Waals surface area contributed by atoms with Crippen LogP contribution in [0, 0.1) is 0 Å². The molecule has 4 atom stereocenters. The third-order valence-corrected chi connectivity index (χ3v) is 6.79. The van der Waals surface area contributed by atoms with Gasteiger partial charge in [0.1, 0.15) is 5.65 Å². The summed E-state index contributed by atoms with van der Waals surface area (Å²) in [4.78, 5) is 20.4. The van der Waals surface area contributed by atoms with Crippen molar-refractivity contribution < 1.29 is 9.47 Å². The first-order chi connectivity index (χ1) is 15.1. The maximum absolute atomic E-state index is 13.0. The van der Waals surface area contributed by atoms with Crippen LogP contribution < -0.4 is 15.0 Å². The van der Waals surface area contributed by atoms with Crippen molar-refractivity contribution in [1.29, 1.82) is 0 Å². The Bertz CT molecular complexity index is 1170. The summed E-state index contributed by atoms with van der Waals surface area (Å²) in [5, 5.41) is 0. The van der Waals surface area contributed by atoms with Gasteiger partial charge in [-0.2, -0.15) is 0 Å². The molecule has 0 spiro atoms. The molecule has 2 saturated heterocycles. The first-order valence-corrected chi connectivity index (χ1v) is 11.1. The lowest BCUT2D eigenvalue weighted by Gasteiger charge is -2.30. The van der Waals surface area contributed by atoms with Crippen LogP contribution in [0.5, 0.6) is 11.5 Å². The van der Waals surface area contributed by atoms with Crippen molar-refractivity contribution in [1.82, 2.24) is 14.3 Å². The summed E-state index contributed by atoms with van der Waals surface area (Å²) in [6.45, 7) is 3.50. The van der Waals surface area contributed by atoms with Crippen molar-refractivity contribution in [3.05, 3.63) is 58.5 Å². The van der Waals surface area contributed by atoms with Crippen molar-refractivity contribution in [3.63, 3.8) is 0 Å². The SMILES string of the molecule is CCC[C@@H]1CC(c2ccc3nc(-c4ccc(OC)c(OC)c4)cc(=O)n3c2)C[C@@H]2CN12. The fraction of sp³-hybridized carbons (Fsp3) is 0.440. The van der Waals surface area contributed by atoms with Gasteiger partial charge in [0, 0.05) is 36.5 Å². The number of aromatic nitrogens is 2. The molecule has 2 aromatic heterocycles. The van der Waals surface area contributed by atoms with E-state index in [-0.39, 0.29) is 5.56 Å². The smallest absolute Gasteiger partial charge is 0.258 e. The van der Waals surface area contributed by atoms with E-state index < -0.39 is 0 Å². The number of rotatable bonds is 6. The summed E-state index contributed by atoms with van der Waals surface area (Å²) in [5.74, 6) is 1.78. The van der Waals surface area contributed by atoms with Crippen LogP contribution >= 0.6 is 0 Å². The van der Waals surface area contributed by atoms with E-state index >= 15 is 0 Å². The molecule has 5 rings (SSSR count). The molecule has 6 heteroatoms. The number of piperidine rings is 1. The lowest BCUT2D eigenvalue weighted by Crippen LogP contribution is -2.29. The summed E-state index contributed by atoms with van der Waals surface area (Å²) < 4.78 is 12.4. The van der Waals surface area contributed by atoms with E-state index in [1.165, 1.54) is 37.8 Å². The Kier molecular flexibility index (Phi) is 5.18. The summed E-state index contributed by atoms with van der Waals surface area (Å²) in [6.07, 6.45) is 6.87. The number of fused-ring (bicyclic) bond motifs is 2. The molecule has 2 aliphatic heterocycles. The molecule has 0 N–H and O–H groups in total. The normalized spacial score (nSPS) is 24.6. The van der Waals surface area contributed by atoms with Gasteiger partial charge in [0.05, 0.1) is 19.9 Å². The Balaban J connectivity index is 1.47. The van der Waals surface area contributed by atoms with Crippen LogP contribution in [0.2, 0.25) is 0 Å². The monoisotopic (exact) mass is 419 g/mol. The first kappa shape index (κ1) is 20.1. The molecule has 0 saturated carbocycles. The summed E-state index contributed by atoms with van der Waals surface area (Å²) >= 11 is 0. The second-order valence-corrected chi connectivity index (χ2v) is 8.70. The van der Waals surface area contributed by atoms with Crippen molar-refractivity contribution >= 4 is 5.65 Å². The van der Waals surface area contributed by atoms with Gasteiger partial charge < -0.3 is 9.47 Å². The Morgan fingerprint density at radius 3 is 2.68 bits per heavy atom. The highest BCUT2D eigenvalue weighted by molar-refractivity contribution is 5.65. The molecule has 1 aromatic carbocycles. The van der Waals surface area contributed by atoms with E-state index in [1.54, 1.807) is 24.7 Å². The zero-order valence-corrected chi connectivity index (χ0v) is 18.4. The average Bonchev–Trinajstić information content (AvgIpc) is 3.58. The number of hydrogen-bond acceptors (Lipinski definition) is 5. The van der Waals surface area contributed by atoms with Crippen molar-refractivity contribution in [2.75, 3.05) is 20.8 Å². The predicted molar refractivity (Wildman–Crippen MR) is 121 cm³/mol.